The summed E-state index contributed by atoms with van der Waals surface area (Å²) in [6.45, 7) is 0.774. The fraction of sp³-hybridized carbons (Fsp3) is 0.125. The van der Waals surface area contributed by atoms with Gasteiger partial charge < -0.3 is 9.84 Å². The summed E-state index contributed by atoms with van der Waals surface area (Å²) in [5.41, 5.74) is 3.18. The van der Waals surface area contributed by atoms with Gasteiger partial charge in [0.1, 0.15) is 0 Å². The van der Waals surface area contributed by atoms with E-state index in [2.05, 4.69) is 27.6 Å². The van der Waals surface area contributed by atoms with Gasteiger partial charge in [-0.05, 0) is 23.8 Å². The Balaban J connectivity index is 1.70. The molecule has 0 spiro atoms. The highest BCUT2D eigenvalue weighted by molar-refractivity contribution is 6.30. The van der Waals surface area contributed by atoms with Crippen molar-refractivity contribution in [2.45, 2.75) is 5.92 Å². The fourth-order valence-electron chi connectivity index (χ4n) is 2.63. The molecular formula is C16H12ClN3O. The lowest BCUT2D eigenvalue weighted by molar-refractivity contribution is 0.371. The summed E-state index contributed by atoms with van der Waals surface area (Å²) in [7, 11) is 0. The van der Waals surface area contributed by atoms with Crippen LogP contribution in [0.3, 0.4) is 0 Å². The van der Waals surface area contributed by atoms with E-state index in [0.717, 1.165) is 17.8 Å². The average Bonchev–Trinajstić information content (AvgIpc) is 3.14. The summed E-state index contributed by atoms with van der Waals surface area (Å²) in [6, 6.07) is 15.6. The van der Waals surface area contributed by atoms with Crippen LogP contribution in [0.1, 0.15) is 17.4 Å². The minimum atomic E-state index is 0.0987. The molecule has 1 aliphatic heterocycles. The third-order valence-corrected chi connectivity index (χ3v) is 3.89. The topological polar surface area (TPSA) is 51.0 Å². The zero-order valence-corrected chi connectivity index (χ0v) is 11.8. The Morgan fingerprint density at radius 2 is 2.05 bits per heavy atom. The molecule has 1 aromatic heterocycles. The lowest BCUT2D eigenvalue weighted by atomic mass is 10.0. The first-order valence-corrected chi connectivity index (χ1v) is 7.11. The van der Waals surface area contributed by atoms with E-state index < -0.39 is 0 Å². The van der Waals surface area contributed by atoms with Crippen molar-refractivity contribution in [2.24, 2.45) is 0 Å². The first kappa shape index (κ1) is 12.4. The van der Waals surface area contributed by atoms with Gasteiger partial charge in [0.05, 0.1) is 5.92 Å². The molecule has 3 aromatic rings. The zero-order valence-electron chi connectivity index (χ0n) is 11.1. The Hall–Kier alpha value is -2.33. The van der Waals surface area contributed by atoms with Crippen LogP contribution in [-0.2, 0) is 0 Å². The Bertz CT molecular complexity index is 799. The highest BCUT2D eigenvalue weighted by Crippen LogP contribution is 2.35. The van der Waals surface area contributed by atoms with Crippen molar-refractivity contribution in [3.05, 3.63) is 65.0 Å². The van der Waals surface area contributed by atoms with Gasteiger partial charge in [-0.2, -0.15) is 4.98 Å². The van der Waals surface area contributed by atoms with Crippen molar-refractivity contribution in [2.75, 3.05) is 11.9 Å². The van der Waals surface area contributed by atoms with Crippen LogP contribution in [0.4, 0.5) is 5.69 Å². The van der Waals surface area contributed by atoms with Crippen LogP contribution in [0.2, 0.25) is 5.02 Å². The second-order valence-electron chi connectivity index (χ2n) is 4.99. The molecule has 0 fully saturated rings. The smallest absolute Gasteiger partial charge is 0.236 e. The molecule has 21 heavy (non-hydrogen) atoms. The van der Waals surface area contributed by atoms with Crippen molar-refractivity contribution >= 4 is 17.3 Å². The molecule has 0 saturated heterocycles. The second-order valence-corrected chi connectivity index (χ2v) is 5.42. The number of rotatable bonds is 2. The number of para-hydroxylation sites is 1. The molecule has 0 saturated carbocycles. The van der Waals surface area contributed by atoms with Crippen LogP contribution in [0.5, 0.6) is 0 Å². The van der Waals surface area contributed by atoms with E-state index in [0.29, 0.717) is 16.7 Å². The molecule has 1 aliphatic rings. The summed E-state index contributed by atoms with van der Waals surface area (Å²) < 4.78 is 5.46. The van der Waals surface area contributed by atoms with Crippen molar-refractivity contribution in [1.82, 2.24) is 10.1 Å². The Morgan fingerprint density at radius 1 is 1.14 bits per heavy atom. The maximum Gasteiger partial charge on any atom is 0.236 e. The largest absolute Gasteiger partial charge is 0.384 e. The Kier molecular flexibility index (Phi) is 2.89. The molecule has 0 amide bonds. The van der Waals surface area contributed by atoms with E-state index in [9.17, 15) is 0 Å². The number of aromatic nitrogens is 2. The summed E-state index contributed by atoms with van der Waals surface area (Å²) in [5.74, 6) is 1.29. The van der Waals surface area contributed by atoms with Crippen LogP contribution < -0.4 is 5.32 Å². The van der Waals surface area contributed by atoms with Gasteiger partial charge in [-0.15, -0.1) is 0 Å². The number of nitrogens with one attached hydrogen (secondary N) is 1. The number of anilines is 1. The number of benzene rings is 2. The van der Waals surface area contributed by atoms with E-state index >= 15 is 0 Å². The van der Waals surface area contributed by atoms with Crippen LogP contribution in [0.15, 0.2) is 53.1 Å². The third-order valence-electron chi connectivity index (χ3n) is 3.66. The normalized spacial score (nSPS) is 16.5. The van der Waals surface area contributed by atoms with Crippen molar-refractivity contribution in [3.8, 4) is 11.4 Å². The standard InChI is InChI=1S/C16H12ClN3O/c17-11-5-3-4-10(8-11)15-19-16(21-20-15)13-9-18-14-7-2-1-6-12(13)14/h1-8,13,18H,9H2. The van der Waals surface area contributed by atoms with Gasteiger partial charge in [-0.3, -0.25) is 0 Å². The molecule has 2 heterocycles. The van der Waals surface area contributed by atoms with Crippen molar-refractivity contribution < 1.29 is 4.52 Å². The molecule has 104 valence electrons. The van der Waals surface area contributed by atoms with E-state index in [1.807, 2.05) is 36.4 Å². The van der Waals surface area contributed by atoms with Gasteiger partial charge in [0, 0.05) is 22.8 Å². The lowest BCUT2D eigenvalue weighted by Crippen LogP contribution is -2.04. The molecule has 2 aromatic carbocycles. The third kappa shape index (κ3) is 2.17. The Morgan fingerprint density at radius 3 is 2.95 bits per heavy atom. The SMILES string of the molecule is Clc1cccc(-c2noc(C3CNc4ccccc43)n2)c1. The molecule has 5 heteroatoms. The van der Waals surface area contributed by atoms with E-state index in [-0.39, 0.29) is 5.92 Å². The second kappa shape index (κ2) is 4.90. The van der Waals surface area contributed by atoms with Gasteiger partial charge in [0.15, 0.2) is 0 Å². The minimum absolute atomic E-state index is 0.0987. The Labute approximate surface area is 126 Å². The van der Waals surface area contributed by atoms with E-state index in [1.54, 1.807) is 0 Å². The molecule has 1 atom stereocenters. The average molecular weight is 298 g/mol. The van der Waals surface area contributed by atoms with Gasteiger partial charge in [0.2, 0.25) is 11.7 Å². The van der Waals surface area contributed by atoms with Crippen molar-refractivity contribution in [1.29, 1.82) is 0 Å². The molecule has 0 aliphatic carbocycles. The summed E-state index contributed by atoms with van der Waals surface area (Å²) in [4.78, 5) is 4.53. The summed E-state index contributed by atoms with van der Waals surface area (Å²) in [5, 5.41) is 8.09. The number of nitrogens with zero attached hydrogens (tertiary/aromatic N) is 2. The molecule has 4 rings (SSSR count). The number of hydrogen-bond acceptors (Lipinski definition) is 4. The van der Waals surface area contributed by atoms with Gasteiger partial charge >= 0.3 is 0 Å². The highest BCUT2D eigenvalue weighted by Gasteiger charge is 2.28. The van der Waals surface area contributed by atoms with Crippen LogP contribution in [-0.4, -0.2) is 16.7 Å². The molecular weight excluding hydrogens is 286 g/mol. The maximum atomic E-state index is 6.00. The molecule has 1 N–H and O–H groups in total. The van der Waals surface area contributed by atoms with E-state index in [1.165, 1.54) is 5.56 Å². The fourth-order valence-corrected chi connectivity index (χ4v) is 2.82. The van der Waals surface area contributed by atoms with Crippen molar-refractivity contribution in [3.63, 3.8) is 0 Å². The summed E-state index contributed by atoms with van der Waals surface area (Å²) in [6.07, 6.45) is 0. The lowest BCUT2D eigenvalue weighted by Gasteiger charge is -2.03. The number of fused-ring (bicyclic) bond motifs is 1. The monoisotopic (exact) mass is 297 g/mol. The van der Waals surface area contributed by atoms with Crippen LogP contribution in [0, 0.1) is 0 Å². The zero-order chi connectivity index (χ0) is 14.2. The molecule has 1 unspecified atom stereocenters. The van der Waals surface area contributed by atoms with Crippen LogP contribution in [0.25, 0.3) is 11.4 Å². The first-order valence-electron chi connectivity index (χ1n) is 6.73. The predicted molar refractivity (Wildman–Crippen MR) is 81.5 cm³/mol. The van der Waals surface area contributed by atoms with Gasteiger partial charge in [0.25, 0.3) is 0 Å². The molecule has 0 bridgehead atoms. The quantitative estimate of drug-likeness (QED) is 0.778. The predicted octanol–water partition coefficient (Wildman–Crippen LogP) is 3.95. The summed E-state index contributed by atoms with van der Waals surface area (Å²) >= 11 is 6.00. The number of halogens is 1. The van der Waals surface area contributed by atoms with E-state index in [4.69, 9.17) is 16.1 Å². The molecule has 4 nitrogen and oxygen atoms in total. The molecule has 0 radical (unpaired) electrons. The minimum Gasteiger partial charge on any atom is -0.384 e. The van der Waals surface area contributed by atoms with Gasteiger partial charge in [-0.1, -0.05) is 47.1 Å². The first-order chi connectivity index (χ1) is 10.3. The van der Waals surface area contributed by atoms with Crippen LogP contribution >= 0.6 is 11.6 Å². The van der Waals surface area contributed by atoms with Gasteiger partial charge in [-0.25, -0.2) is 0 Å². The maximum absolute atomic E-state index is 6.00. The highest BCUT2D eigenvalue weighted by atomic mass is 35.5. The number of hydrogen-bond donors (Lipinski definition) is 1.